The van der Waals surface area contributed by atoms with E-state index in [1.165, 1.54) is 12.1 Å². The maximum Gasteiger partial charge on any atom is 0.173 e. The van der Waals surface area contributed by atoms with E-state index in [1.54, 1.807) is 6.07 Å². The van der Waals surface area contributed by atoms with Gasteiger partial charge in [-0.05, 0) is 12.1 Å². The lowest BCUT2D eigenvalue weighted by molar-refractivity contribution is 0.327. The van der Waals surface area contributed by atoms with Gasteiger partial charge in [0.2, 0.25) is 0 Å². The maximum atomic E-state index is 13.3. The van der Waals surface area contributed by atoms with Crippen LogP contribution < -0.4 is 10.5 Å². The Labute approximate surface area is 104 Å². The standard InChI is InChI=1S/C11H10F2N2O.ClH/c12-4-8(5-14)7-16-11-9(6-15)2-1-3-10(11)13;/h1-4H,5,7,14H2;1H. The zero-order chi connectivity index (χ0) is 12.0. The van der Waals surface area contributed by atoms with E-state index >= 15 is 0 Å². The quantitative estimate of drug-likeness (QED) is 0.904. The van der Waals surface area contributed by atoms with Gasteiger partial charge in [-0.15, -0.1) is 12.4 Å². The van der Waals surface area contributed by atoms with Gasteiger partial charge in [-0.1, -0.05) is 6.07 Å². The molecule has 3 nitrogen and oxygen atoms in total. The molecule has 6 heteroatoms. The first-order chi connectivity index (χ1) is 7.72. The molecule has 0 saturated carbocycles. The highest BCUT2D eigenvalue weighted by molar-refractivity contribution is 5.85. The topological polar surface area (TPSA) is 59.0 Å². The van der Waals surface area contributed by atoms with Crippen molar-refractivity contribution in [1.82, 2.24) is 0 Å². The van der Waals surface area contributed by atoms with E-state index in [1.807, 2.05) is 0 Å². The highest BCUT2D eigenvalue weighted by Crippen LogP contribution is 2.22. The highest BCUT2D eigenvalue weighted by Gasteiger charge is 2.09. The van der Waals surface area contributed by atoms with Crippen molar-refractivity contribution in [3.8, 4) is 11.8 Å². The van der Waals surface area contributed by atoms with E-state index in [0.29, 0.717) is 6.33 Å². The van der Waals surface area contributed by atoms with E-state index in [4.69, 9.17) is 15.7 Å². The molecule has 0 saturated heterocycles. The molecular weight excluding hydrogens is 250 g/mol. The molecule has 0 spiro atoms. The van der Waals surface area contributed by atoms with Crippen molar-refractivity contribution < 1.29 is 13.5 Å². The summed E-state index contributed by atoms with van der Waals surface area (Å²) in [5.41, 5.74) is 5.46. The molecule has 0 unspecified atom stereocenters. The molecule has 0 bridgehead atoms. The van der Waals surface area contributed by atoms with Gasteiger partial charge in [0.15, 0.2) is 11.6 Å². The third-order valence-electron chi connectivity index (χ3n) is 1.91. The SMILES string of the molecule is Cl.N#Cc1cccc(F)c1OCC(=CF)CN. The predicted octanol–water partition coefficient (Wildman–Crippen LogP) is 2.31. The molecule has 17 heavy (non-hydrogen) atoms. The number of hydrogen-bond donors (Lipinski definition) is 1. The summed E-state index contributed by atoms with van der Waals surface area (Å²) < 4.78 is 30.5. The first-order valence-electron chi connectivity index (χ1n) is 4.52. The average molecular weight is 261 g/mol. The fraction of sp³-hybridized carbons (Fsp3) is 0.182. The summed E-state index contributed by atoms with van der Waals surface area (Å²) in [5.74, 6) is -0.841. The van der Waals surface area contributed by atoms with Crippen molar-refractivity contribution in [2.45, 2.75) is 0 Å². The number of nitrogens with zero attached hydrogens (tertiary/aromatic N) is 1. The molecule has 0 aromatic heterocycles. The highest BCUT2D eigenvalue weighted by atomic mass is 35.5. The van der Waals surface area contributed by atoms with Crippen molar-refractivity contribution in [3.63, 3.8) is 0 Å². The van der Waals surface area contributed by atoms with Crippen LogP contribution in [0.2, 0.25) is 0 Å². The summed E-state index contributed by atoms with van der Waals surface area (Å²) >= 11 is 0. The average Bonchev–Trinajstić information content (AvgIpc) is 2.31. The fourth-order valence-electron chi connectivity index (χ4n) is 1.04. The van der Waals surface area contributed by atoms with Crippen molar-refractivity contribution in [3.05, 3.63) is 41.5 Å². The van der Waals surface area contributed by atoms with Crippen LogP contribution in [0.15, 0.2) is 30.1 Å². The van der Waals surface area contributed by atoms with Crippen LogP contribution in [-0.2, 0) is 0 Å². The van der Waals surface area contributed by atoms with Crippen LogP contribution in [-0.4, -0.2) is 13.2 Å². The number of nitriles is 1. The molecule has 0 aliphatic heterocycles. The predicted molar refractivity (Wildman–Crippen MR) is 62.1 cm³/mol. The van der Waals surface area contributed by atoms with E-state index in [2.05, 4.69) is 0 Å². The lowest BCUT2D eigenvalue weighted by atomic mass is 10.2. The van der Waals surface area contributed by atoms with Crippen molar-refractivity contribution >= 4 is 12.4 Å². The summed E-state index contributed by atoms with van der Waals surface area (Å²) in [7, 11) is 0. The second-order valence-electron chi connectivity index (χ2n) is 2.99. The maximum absolute atomic E-state index is 13.3. The van der Waals surface area contributed by atoms with E-state index in [0.717, 1.165) is 6.07 Å². The normalized spacial score (nSPS) is 10.4. The van der Waals surface area contributed by atoms with Gasteiger partial charge in [-0.2, -0.15) is 5.26 Å². The Morgan fingerprint density at radius 3 is 2.76 bits per heavy atom. The number of hydrogen-bond acceptors (Lipinski definition) is 3. The minimum atomic E-state index is -0.658. The van der Waals surface area contributed by atoms with Gasteiger partial charge < -0.3 is 10.5 Å². The van der Waals surface area contributed by atoms with Crippen molar-refractivity contribution in [1.29, 1.82) is 5.26 Å². The molecule has 0 radical (unpaired) electrons. The largest absolute Gasteiger partial charge is 0.485 e. The van der Waals surface area contributed by atoms with Crippen LogP contribution in [0.25, 0.3) is 0 Å². The van der Waals surface area contributed by atoms with Crippen molar-refractivity contribution in [2.75, 3.05) is 13.2 Å². The van der Waals surface area contributed by atoms with Gasteiger partial charge in [0.05, 0.1) is 11.9 Å². The minimum Gasteiger partial charge on any atom is -0.485 e. The van der Waals surface area contributed by atoms with Gasteiger partial charge in [0.1, 0.15) is 12.7 Å². The second-order valence-corrected chi connectivity index (χ2v) is 2.99. The van der Waals surface area contributed by atoms with E-state index < -0.39 is 5.82 Å². The van der Waals surface area contributed by atoms with Crippen LogP contribution in [0.4, 0.5) is 8.78 Å². The van der Waals surface area contributed by atoms with Gasteiger partial charge in [0, 0.05) is 12.1 Å². The van der Waals surface area contributed by atoms with E-state index in [9.17, 15) is 8.78 Å². The van der Waals surface area contributed by atoms with Crippen LogP contribution in [0.1, 0.15) is 5.56 Å². The molecule has 0 fully saturated rings. The molecule has 92 valence electrons. The van der Waals surface area contributed by atoms with Gasteiger partial charge in [0.25, 0.3) is 0 Å². The summed E-state index contributed by atoms with van der Waals surface area (Å²) in [5, 5.41) is 8.71. The van der Waals surface area contributed by atoms with Gasteiger partial charge >= 0.3 is 0 Å². The van der Waals surface area contributed by atoms with Crippen LogP contribution in [0, 0.1) is 17.1 Å². The smallest absolute Gasteiger partial charge is 0.173 e. The monoisotopic (exact) mass is 260 g/mol. The Kier molecular flexibility index (Phi) is 6.87. The molecule has 0 atom stereocenters. The summed E-state index contributed by atoms with van der Waals surface area (Å²) in [6, 6.07) is 5.77. The molecule has 1 aromatic rings. The number of benzene rings is 1. The third-order valence-corrected chi connectivity index (χ3v) is 1.91. The zero-order valence-corrected chi connectivity index (χ0v) is 9.64. The number of halogens is 3. The Bertz CT molecular complexity index is 444. The van der Waals surface area contributed by atoms with Crippen LogP contribution >= 0.6 is 12.4 Å². The fourth-order valence-corrected chi connectivity index (χ4v) is 1.04. The lowest BCUT2D eigenvalue weighted by Gasteiger charge is -2.09. The number of rotatable bonds is 4. The Morgan fingerprint density at radius 2 is 2.24 bits per heavy atom. The summed E-state index contributed by atoms with van der Waals surface area (Å²) in [6.45, 7) is -0.199. The van der Waals surface area contributed by atoms with E-state index in [-0.39, 0.29) is 42.4 Å². The molecule has 2 N–H and O–H groups in total. The molecule has 0 heterocycles. The van der Waals surface area contributed by atoms with Crippen LogP contribution in [0.3, 0.4) is 0 Å². The molecule has 0 aliphatic carbocycles. The molecule has 1 aromatic carbocycles. The Hall–Kier alpha value is -1.64. The third kappa shape index (κ3) is 4.02. The molecular formula is C11H11ClF2N2O. The first-order valence-corrected chi connectivity index (χ1v) is 4.52. The minimum absolute atomic E-state index is 0. The zero-order valence-electron chi connectivity index (χ0n) is 8.82. The first kappa shape index (κ1) is 15.4. The molecule has 0 aliphatic rings. The lowest BCUT2D eigenvalue weighted by Crippen LogP contribution is -2.11. The van der Waals surface area contributed by atoms with Gasteiger partial charge in [-0.3, -0.25) is 0 Å². The number of nitrogens with two attached hydrogens (primary N) is 1. The second kappa shape index (κ2) is 7.60. The Balaban J connectivity index is 0.00000256. The van der Waals surface area contributed by atoms with Gasteiger partial charge in [-0.25, -0.2) is 8.78 Å². The van der Waals surface area contributed by atoms with Crippen LogP contribution in [0.5, 0.6) is 5.75 Å². The van der Waals surface area contributed by atoms with Crippen molar-refractivity contribution in [2.24, 2.45) is 5.73 Å². The number of ether oxygens (including phenoxy) is 1. The number of para-hydroxylation sites is 1. The molecule has 1 rings (SSSR count). The molecule has 0 amide bonds. The Morgan fingerprint density at radius 1 is 1.53 bits per heavy atom. The summed E-state index contributed by atoms with van der Waals surface area (Å²) in [6.07, 6.45) is 0.312. The summed E-state index contributed by atoms with van der Waals surface area (Å²) in [4.78, 5) is 0.